The van der Waals surface area contributed by atoms with Crippen molar-refractivity contribution in [3.05, 3.63) is 63.4 Å². The van der Waals surface area contributed by atoms with Gasteiger partial charge in [0.1, 0.15) is 33.9 Å². The van der Waals surface area contributed by atoms with Gasteiger partial charge in [-0.1, -0.05) is 17.7 Å². The lowest BCUT2D eigenvalue weighted by Gasteiger charge is -2.15. The summed E-state index contributed by atoms with van der Waals surface area (Å²) in [6, 6.07) is 8.24. The Balaban J connectivity index is 2.43. The molecule has 5 nitrogen and oxygen atoms in total. The van der Waals surface area contributed by atoms with Crippen LogP contribution < -0.4 is 15.0 Å². The van der Waals surface area contributed by atoms with Gasteiger partial charge < -0.3 is 9.47 Å². The normalized spacial score (nSPS) is 10.7. The van der Waals surface area contributed by atoms with Crippen LogP contribution in [0.5, 0.6) is 11.5 Å². The molecule has 2 aromatic carbocycles. The van der Waals surface area contributed by atoms with E-state index in [1.165, 1.54) is 27.3 Å². The minimum absolute atomic E-state index is 0.114. The topological polar surface area (TPSA) is 53.4 Å². The van der Waals surface area contributed by atoms with E-state index in [9.17, 15) is 13.6 Å². The molecule has 0 N–H and O–H groups in total. The third-order valence-electron chi connectivity index (χ3n) is 4.03. The van der Waals surface area contributed by atoms with Gasteiger partial charge in [0.2, 0.25) is 0 Å². The zero-order valence-corrected chi connectivity index (χ0v) is 15.5. The lowest BCUT2D eigenvalue weighted by atomic mass is 9.98. The average Bonchev–Trinajstić information content (AvgIpc) is 2.66. The molecule has 0 aliphatic rings. The quantitative estimate of drug-likeness (QED) is 0.671. The smallest absolute Gasteiger partial charge is 0.285 e. The summed E-state index contributed by atoms with van der Waals surface area (Å²) in [5.41, 5.74) is -0.701. The fourth-order valence-electron chi connectivity index (χ4n) is 2.71. The molecule has 1 aromatic heterocycles. The minimum Gasteiger partial charge on any atom is -0.497 e. The molecule has 27 heavy (non-hydrogen) atoms. The van der Waals surface area contributed by atoms with E-state index in [4.69, 9.17) is 21.1 Å². The highest BCUT2D eigenvalue weighted by molar-refractivity contribution is 6.33. The number of ether oxygens (including phenoxy) is 2. The summed E-state index contributed by atoms with van der Waals surface area (Å²) in [7, 11) is 4.34. The second kappa shape index (κ2) is 7.36. The zero-order chi connectivity index (χ0) is 19.7. The molecule has 0 saturated heterocycles. The van der Waals surface area contributed by atoms with Gasteiger partial charge in [0.05, 0.1) is 19.8 Å². The molecule has 8 heteroatoms. The molecule has 0 saturated carbocycles. The molecule has 0 fully saturated rings. The molecule has 0 amide bonds. The maximum absolute atomic E-state index is 14.5. The van der Waals surface area contributed by atoms with Crippen molar-refractivity contribution >= 4 is 11.6 Å². The van der Waals surface area contributed by atoms with Crippen LogP contribution in [0.2, 0.25) is 5.02 Å². The predicted molar refractivity (Wildman–Crippen MR) is 98.4 cm³/mol. The highest BCUT2D eigenvalue weighted by Gasteiger charge is 2.24. The number of benzene rings is 2. The molecule has 3 rings (SSSR count). The van der Waals surface area contributed by atoms with Crippen molar-refractivity contribution in [2.75, 3.05) is 14.2 Å². The molecule has 0 aliphatic carbocycles. The number of hydrogen-bond donors (Lipinski definition) is 0. The Kier molecular flexibility index (Phi) is 5.14. The van der Waals surface area contributed by atoms with Crippen LogP contribution in [-0.4, -0.2) is 24.0 Å². The molecular weight excluding hydrogens is 378 g/mol. The molecule has 0 bridgehead atoms. The monoisotopic (exact) mass is 392 g/mol. The number of aryl methyl sites for hydroxylation is 1. The Labute approximate surface area is 158 Å². The number of halogens is 3. The highest BCUT2D eigenvalue weighted by Crippen LogP contribution is 2.39. The van der Waals surface area contributed by atoms with Crippen molar-refractivity contribution in [1.82, 2.24) is 9.78 Å². The van der Waals surface area contributed by atoms with E-state index >= 15 is 0 Å². The Bertz CT molecular complexity index is 1040. The van der Waals surface area contributed by atoms with Gasteiger partial charge in [-0.15, -0.1) is 0 Å². The van der Waals surface area contributed by atoms with Gasteiger partial charge in [0, 0.05) is 24.2 Å². The first-order valence-corrected chi connectivity index (χ1v) is 8.19. The van der Waals surface area contributed by atoms with Crippen molar-refractivity contribution < 1.29 is 18.3 Å². The zero-order valence-electron chi connectivity index (χ0n) is 14.7. The van der Waals surface area contributed by atoms with Gasteiger partial charge in [0.25, 0.3) is 5.56 Å². The van der Waals surface area contributed by atoms with Crippen molar-refractivity contribution in [1.29, 1.82) is 0 Å². The largest absolute Gasteiger partial charge is 0.497 e. The van der Waals surface area contributed by atoms with E-state index in [1.807, 2.05) is 0 Å². The highest BCUT2D eigenvalue weighted by atomic mass is 35.5. The molecule has 3 aromatic rings. The summed E-state index contributed by atoms with van der Waals surface area (Å²) >= 11 is 6.21. The van der Waals surface area contributed by atoms with Crippen LogP contribution in [0.15, 0.2) is 41.2 Å². The molecule has 0 atom stereocenters. The Hall–Kier alpha value is -2.93. The first-order chi connectivity index (χ1) is 12.9. The van der Waals surface area contributed by atoms with Crippen LogP contribution in [-0.2, 0) is 7.05 Å². The summed E-state index contributed by atoms with van der Waals surface area (Å²) in [5, 5.41) is 3.85. The fourth-order valence-corrected chi connectivity index (χ4v) is 3.02. The van der Waals surface area contributed by atoms with Crippen molar-refractivity contribution in [2.24, 2.45) is 7.05 Å². The Morgan fingerprint density at radius 1 is 1.00 bits per heavy atom. The van der Waals surface area contributed by atoms with Crippen molar-refractivity contribution in [3.8, 4) is 33.9 Å². The first-order valence-electron chi connectivity index (χ1n) is 7.82. The Morgan fingerprint density at radius 3 is 2.07 bits per heavy atom. The first kappa shape index (κ1) is 18.8. The molecular formula is C19H15ClF2N2O3. The van der Waals surface area contributed by atoms with E-state index in [-0.39, 0.29) is 16.3 Å². The second-order valence-corrected chi connectivity index (χ2v) is 6.04. The number of aromatic nitrogens is 2. The maximum Gasteiger partial charge on any atom is 0.285 e. The Morgan fingerprint density at radius 2 is 1.56 bits per heavy atom. The molecule has 0 unspecified atom stereocenters. The lowest BCUT2D eigenvalue weighted by molar-refractivity contribution is 0.394. The van der Waals surface area contributed by atoms with Crippen LogP contribution in [0.1, 0.15) is 0 Å². The summed E-state index contributed by atoms with van der Waals surface area (Å²) < 4.78 is 40.4. The van der Waals surface area contributed by atoms with E-state index in [1.54, 1.807) is 18.2 Å². The number of hydrogen-bond acceptors (Lipinski definition) is 4. The summed E-state index contributed by atoms with van der Waals surface area (Å²) in [6.45, 7) is 0. The maximum atomic E-state index is 14.5. The van der Waals surface area contributed by atoms with Crippen LogP contribution in [0, 0.1) is 11.6 Å². The summed E-state index contributed by atoms with van der Waals surface area (Å²) in [6.07, 6.45) is 0. The lowest BCUT2D eigenvalue weighted by Crippen LogP contribution is -2.22. The molecule has 0 radical (unpaired) electrons. The van der Waals surface area contributed by atoms with Crippen molar-refractivity contribution in [3.63, 3.8) is 0 Å². The molecule has 1 heterocycles. The number of nitrogens with zero attached hydrogens (tertiary/aromatic N) is 2. The van der Waals surface area contributed by atoms with Gasteiger partial charge in [-0.25, -0.2) is 13.5 Å². The van der Waals surface area contributed by atoms with Gasteiger partial charge in [-0.05, 0) is 24.3 Å². The molecule has 140 valence electrons. The van der Waals surface area contributed by atoms with E-state index < -0.39 is 22.8 Å². The minimum atomic E-state index is -0.858. The third kappa shape index (κ3) is 3.38. The predicted octanol–water partition coefficient (Wildman–Crippen LogP) is 4.06. The van der Waals surface area contributed by atoms with Gasteiger partial charge >= 0.3 is 0 Å². The van der Waals surface area contributed by atoms with E-state index in [0.29, 0.717) is 17.1 Å². The van der Waals surface area contributed by atoms with E-state index in [0.717, 1.165) is 16.8 Å². The standard InChI is InChI=1S/C19H15ClF2N2O3/c1-24-19(25)17(20)16(15-13(21)5-4-6-14(15)22)18(23-24)10-7-11(26-2)9-12(8-10)27-3/h4-9H,1-3H3. The molecule has 0 aliphatic heterocycles. The third-order valence-corrected chi connectivity index (χ3v) is 4.38. The van der Waals surface area contributed by atoms with Gasteiger partial charge in [-0.2, -0.15) is 5.10 Å². The SMILES string of the molecule is COc1cc(OC)cc(-c2nn(C)c(=O)c(Cl)c2-c2c(F)cccc2F)c1. The summed E-state index contributed by atoms with van der Waals surface area (Å²) in [4.78, 5) is 12.3. The van der Waals surface area contributed by atoms with Crippen LogP contribution in [0.25, 0.3) is 22.4 Å². The summed E-state index contributed by atoms with van der Waals surface area (Å²) in [5.74, 6) is -0.835. The average molecular weight is 393 g/mol. The van der Waals surface area contributed by atoms with Crippen LogP contribution >= 0.6 is 11.6 Å². The number of rotatable bonds is 4. The van der Waals surface area contributed by atoms with Gasteiger partial charge in [-0.3, -0.25) is 4.79 Å². The van der Waals surface area contributed by atoms with Gasteiger partial charge in [0.15, 0.2) is 0 Å². The van der Waals surface area contributed by atoms with E-state index in [2.05, 4.69) is 5.10 Å². The fraction of sp³-hybridized carbons (Fsp3) is 0.158. The second-order valence-electron chi connectivity index (χ2n) is 5.66. The number of methoxy groups -OCH3 is 2. The van der Waals surface area contributed by atoms with Crippen LogP contribution in [0.4, 0.5) is 8.78 Å². The van der Waals surface area contributed by atoms with Crippen molar-refractivity contribution in [2.45, 2.75) is 0 Å². The molecule has 0 spiro atoms. The van der Waals surface area contributed by atoms with Crippen LogP contribution in [0.3, 0.4) is 0 Å².